The molecule has 1 saturated heterocycles. The van der Waals surface area contributed by atoms with E-state index in [1.54, 1.807) is 12.5 Å². The number of rotatable bonds is 9. The van der Waals surface area contributed by atoms with E-state index in [4.69, 9.17) is 14.2 Å². The Morgan fingerprint density at radius 1 is 1.19 bits per heavy atom. The number of thiazole rings is 1. The molecule has 1 N–H and O–H groups in total. The van der Waals surface area contributed by atoms with E-state index in [0.29, 0.717) is 18.8 Å². The molecule has 168 valence electrons. The predicted molar refractivity (Wildman–Crippen MR) is 124 cm³/mol. The Morgan fingerprint density at radius 2 is 2.03 bits per heavy atom. The molecule has 1 amide bonds. The zero-order valence-electron chi connectivity index (χ0n) is 18.1. The second-order valence-corrected chi connectivity index (χ2v) is 8.23. The minimum Gasteiger partial charge on any atom is -0.496 e. The number of para-hydroxylation sites is 1. The van der Waals surface area contributed by atoms with Gasteiger partial charge in [0.05, 0.1) is 25.9 Å². The van der Waals surface area contributed by atoms with E-state index in [9.17, 15) is 4.79 Å². The molecule has 32 heavy (non-hydrogen) atoms. The average Bonchev–Trinajstić information content (AvgIpc) is 3.34. The number of aromatic nitrogens is 1. The van der Waals surface area contributed by atoms with Crippen molar-refractivity contribution in [3.8, 4) is 22.1 Å². The Labute approximate surface area is 191 Å². The first-order valence-corrected chi connectivity index (χ1v) is 11.5. The molecule has 7 nitrogen and oxygen atoms in total. The molecule has 1 aromatic heterocycles. The lowest BCUT2D eigenvalue weighted by atomic mass is 10.2. The number of carbonyl (C=O) groups is 1. The van der Waals surface area contributed by atoms with Crippen molar-refractivity contribution < 1.29 is 19.0 Å². The van der Waals surface area contributed by atoms with Crippen LogP contribution in [0.2, 0.25) is 0 Å². The van der Waals surface area contributed by atoms with Crippen LogP contribution in [0.1, 0.15) is 16.1 Å². The average molecular weight is 454 g/mol. The summed E-state index contributed by atoms with van der Waals surface area (Å²) in [5.41, 5.74) is 2.25. The number of morpholine rings is 1. The van der Waals surface area contributed by atoms with Gasteiger partial charge in [0.25, 0.3) is 5.91 Å². The zero-order valence-corrected chi connectivity index (χ0v) is 18.9. The van der Waals surface area contributed by atoms with Crippen molar-refractivity contribution >= 4 is 17.2 Å². The molecule has 1 aliphatic heterocycles. The largest absolute Gasteiger partial charge is 0.496 e. The van der Waals surface area contributed by atoms with Crippen LogP contribution in [-0.4, -0.2) is 62.4 Å². The first-order valence-electron chi connectivity index (χ1n) is 10.6. The molecule has 0 saturated carbocycles. The maximum absolute atomic E-state index is 12.6. The second-order valence-electron chi connectivity index (χ2n) is 7.37. The minimum atomic E-state index is -0.207. The van der Waals surface area contributed by atoms with Gasteiger partial charge in [0.2, 0.25) is 0 Å². The highest BCUT2D eigenvalue weighted by Crippen LogP contribution is 2.31. The summed E-state index contributed by atoms with van der Waals surface area (Å²) in [7, 11) is 1.63. The molecular formula is C24H27N3O4S. The van der Waals surface area contributed by atoms with Gasteiger partial charge in [0, 0.05) is 31.6 Å². The van der Waals surface area contributed by atoms with Gasteiger partial charge in [-0.2, -0.15) is 0 Å². The molecule has 4 rings (SSSR count). The fourth-order valence-electron chi connectivity index (χ4n) is 3.46. The molecule has 1 fully saturated rings. The van der Waals surface area contributed by atoms with Crippen LogP contribution >= 0.6 is 11.3 Å². The Hall–Kier alpha value is -2.94. The van der Waals surface area contributed by atoms with E-state index in [0.717, 1.165) is 60.5 Å². The van der Waals surface area contributed by atoms with E-state index in [1.165, 1.54) is 11.3 Å². The van der Waals surface area contributed by atoms with Crippen molar-refractivity contribution in [1.82, 2.24) is 15.2 Å². The van der Waals surface area contributed by atoms with Gasteiger partial charge in [-0.25, -0.2) is 4.98 Å². The van der Waals surface area contributed by atoms with Gasteiger partial charge in [-0.3, -0.25) is 9.69 Å². The van der Waals surface area contributed by atoms with Crippen molar-refractivity contribution in [1.29, 1.82) is 0 Å². The second kappa shape index (κ2) is 11.1. The highest BCUT2D eigenvalue weighted by Gasteiger charge is 2.14. The number of ether oxygens (including phenoxy) is 3. The lowest BCUT2D eigenvalue weighted by molar-refractivity contribution is 0.0322. The molecule has 0 bridgehead atoms. The summed E-state index contributed by atoms with van der Waals surface area (Å²) in [6, 6.07) is 15.4. The lowest BCUT2D eigenvalue weighted by Crippen LogP contribution is -2.38. The van der Waals surface area contributed by atoms with Crippen LogP contribution < -0.4 is 14.8 Å². The van der Waals surface area contributed by atoms with Crippen molar-refractivity contribution in [2.75, 3.05) is 46.6 Å². The molecule has 8 heteroatoms. The third-order valence-corrected chi connectivity index (χ3v) is 6.08. The number of nitrogens with one attached hydrogen (secondary N) is 1. The van der Waals surface area contributed by atoms with E-state index >= 15 is 0 Å². The standard InChI is InChI=1S/C24H27N3O4S/c1-29-22-8-3-2-7-20(22)24-26-21(17-32-24)23(28)25-16-18-5-4-6-19(15-18)31-14-11-27-9-12-30-13-10-27/h2-8,15,17H,9-14,16H2,1H3,(H,25,28). The Morgan fingerprint density at radius 3 is 2.88 bits per heavy atom. The fourth-order valence-corrected chi connectivity index (χ4v) is 4.29. The molecule has 3 aromatic rings. The summed E-state index contributed by atoms with van der Waals surface area (Å²) in [5.74, 6) is 1.33. The number of methoxy groups -OCH3 is 1. The van der Waals surface area contributed by atoms with Crippen molar-refractivity contribution in [2.45, 2.75) is 6.54 Å². The summed E-state index contributed by atoms with van der Waals surface area (Å²) in [4.78, 5) is 19.4. The molecule has 0 aliphatic carbocycles. The van der Waals surface area contributed by atoms with Gasteiger partial charge in [0.15, 0.2) is 0 Å². The van der Waals surface area contributed by atoms with Gasteiger partial charge < -0.3 is 19.5 Å². The monoisotopic (exact) mass is 453 g/mol. The molecule has 0 atom stereocenters. The normalized spacial score (nSPS) is 14.2. The van der Waals surface area contributed by atoms with Crippen molar-refractivity contribution in [3.05, 3.63) is 65.2 Å². The number of carbonyl (C=O) groups excluding carboxylic acids is 1. The number of hydrogen-bond acceptors (Lipinski definition) is 7. The molecule has 0 spiro atoms. The SMILES string of the molecule is COc1ccccc1-c1nc(C(=O)NCc2cccc(OCCN3CCOCC3)c2)cs1. The summed E-state index contributed by atoms with van der Waals surface area (Å²) in [6.07, 6.45) is 0. The fraction of sp³-hybridized carbons (Fsp3) is 0.333. The Kier molecular flexibility index (Phi) is 7.71. The highest BCUT2D eigenvalue weighted by atomic mass is 32.1. The summed E-state index contributed by atoms with van der Waals surface area (Å²) in [6.45, 7) is 5.38. The number of amides is 1. The lowest BCUT2D eigenvalue weighted by Gasteiger charge is -2.26. The maximum atomic E-state index is 12.6. The maximum Gasteiger partial charge on any atom is 0.271 e. The van der Waals surface area contributed by atoms with E-state index < -0.39 is 0 Å². The van der Waals surface area contributed by atoms with Crippen LogP contribution in [0, 0.1) is 0 Å². The highest BCUT2D eigenvalue weighted by molar-refractivity contribution is 7.13. The van der Waals surface area contributed by atoms with Crippen LogP contribution in [-0.2, 0) is 11.3 Å². The van der Waals surface area contributed by atoms with Crippen molar-refractivity contribution in [3.63, 3.8) is 0 Å². The summed E-state index contributed by atoms with van der Waals surface area (Å²) >= 11 is 1.42. The first kappa shape index (κ1) is 22.3. The molecule has 2 heterocycles. The van der Waals surface area contributed by atoms with Gasteiger partial charge in [-0.15, -0.1) is 11.3 Å². The van der Waals surface area contributed by atoms with E-state index in [1.807, 2.05) is 48.5 Å². The van der Waals surface area contributed by atoms with Crippen LogP contribution in [0.15, 0.2) is 53.9 Å². The van der Waals surface area contributed by atoms with Gasteiger partial charge in [0.1, 0.15) is 28.8 Å². The van der Waals surface area contributed by atoms with Crippen molar-refractivity contribution in [2.24, 2.45) is 0 Å². The smallest absolute Gasteiger partial charge is 0.271 e. The predicted octanol–water partition coefficient (Wildman–Crippen LogP) is 3.46. The molecule has 2 aromatic carbocycles. The van der Waals surface area contributed by atoms with Crippen LogP contribution in [0.5, 0.6) is 11.5 Å². The molecule has 0 unspecified atom stereocenters. The van der Waals surface area contributed by atoms with Gasteiger partial charge >= 0.3 is 0 Å². The van der Waals surface area contributed by atoms with E-state index in [2.05, 4.69) is 15.2 Å². The summed E-state index contributed by atoms with van der Waals surface area (Å²) < 4.78 is 16.7. The Bertz CT molecular complexity index is 1030. The minimum absolute atomic E-state index is 0.207. The topological polar surface area (TPSA) is 72.9 Å². The number of hydrogen-bond donors (Lipinski definition) is 1. The van der Waals surface area contributed by atoms with Crippen LogP contribution in [0.4, 0.5) is 0 Å². The summed E-state index contributed by atoms with van der Waals surface area (Å²) in [5, 5.41) is 5.46. The molecule has 1 aliphatic rings. The molecule has 0 radical (unpaired) electrons. The Balaban J connectivity index is 1.29. The third-order valence-electron chi connectivity index (χ3n) is 5.21. The number of benzene rings is 2. The van der Waals surface area contributed by atoms with Gasteiger partial charge in [-0.1, -0.05) is 24.3 Å². The quantitative estimate of drug-likeness (QED) is 0.535. The van der Waals surface area contributed by atoms with E-state index in [-0.39, 0.29) is 5.91 Å². The molecular weight excluding hydrogens is 426 g/mol. The van der Waals surface area contributed by atoms with Gasteiger partial charge in [-0.05, 0) is 29.8 Å². The number of nitrogens with zero attached hydrogens (tertiary/aromatic N) is 2. The van der Waals surface area contributed by atoms with Crippen LogP contribution in [0.25, 0.3) is 10.6 Å². The third kappa shape index (κ3) is 5.85. The first-order chi connectivity index (χ1) is 15.7. The van der Waals surface area contributed by atoms with Crippen LogP contribution in [0.3, 0.4) is 0 Å². The zero-order chi connectivity index (χ0) is 22.2.